The zero-order chi connectivity index (χ0) is 32.4. The van der Waals surface area contributed by atoms with E-state index in [9.17, 15) is 18.0 Å². The first-order chi connectivity index (χ1) is 22.0. The molecular weight excluding hydrogens is 591 g/mol. The van der Waals surface area contributed by atoms with Crippen molar-refractivity contribution in [1.82, 2.24) is 19.9 Å². The molecule has 1 amide bonds. The molecule has 1 aliphatic rings. The van der Waals surface area contributed by atoms with Gasteiger partial charge in [-0.05, 0) is 105 Å². The van der Waals surface area contributed by atoms with E-state index in [0.29, 0.717) is 17.6 Å². The van der Waals surface area contributed by atoms with E-state index in [2.05, 4.69) is 44.5 Å². The number of piperidine rings is 1. The van der Waals surface area contributed by atoms with Gasteiger partial charge in [0.15, 0.2) is 0 Å². The molecule has 0 aliphatic carbocycles. The molecule has 0 unspecified atom stereocenters. The van der Waals surface area contributed by atoms with Gasteiger partial charge in [0, 0.05) is 42.0 Å². The molecule has 0 atom stereocenters. The third kappa shape index (κ3) is 6.94. The number of amides is 1. The number of pyridine rings is 1. The molecule has 0 spiro atoms. The van der Waals surface area contributed by atoms with Crippen LogP contribution in [0.2, 0.25) is 0 Å². The second-order valence-electron chi connectivity index (χ2n) is 11.7. The van der Waals surface area contributed by atoms with Gasteiger partial charge in [0.1, 0.15) is 5.82 Å². The highest BCUT2D eigenvalue weighted by Crippen LogP contribution is 2.32. The minimum absolute atomic E-state index is 0.0698. The van der Waals surface area contributed by atoms with Crippen LogP contribution in [0.1, 0.15) is 34.3 Å². The van der Waals surface area contributed by atoms with Crippen LogP contribution in [-0.2, 0) is 6.18 Å². The maximum Gasteiger partial charge on any atom is 0.416 e. The lowest BCUT2D eigenvalue weighted by molar-refractivity contribution is -0.137. The molecule has 0 saturated carbocycles. The van der Waals surface area contributed by atoms with E-state index < -0.39 is 17.6 Å². The fraction of sp³-hybridized carbons (Fsp3) is 0.257. The van der Waals surface area contributed by atoms with Gasteiger partial charge >= 0.3 is 6.18 Å². The molecule has 1 saturated heterocycles. The molecule has 8 nitrogen and oxygen atoms in total. The normalized spacial score (nSPS) is 14.1. The molecule has 1 fully saturated rings. The van der Waals surface area contributed by atoms with Crippen LogP contribution in [0.25, 0.3) is 22.0 Å². The van der Waals surface area contributed by atoms with E-state index in [1.54, 1.807) is 30.6 Å². The van der Waals surface area contributed by atoms with Crippen molar-refractivity contribution >= 4 is 40.0 Å². The number of rotatable bonds is 7. The average Bonchev–Trinajstić information content (AvgIpc) is 3.05. The van der Waals surface area contributed by atoms with Crippen LogP contribution in [0.3, 0.4) is 0 Å². The molecule has 0 bridgehead atoms. The number of nitrogens with zero attached hydrogens (tertiary/aromatic N) is 5. The summed E-state index contributed by atoms with van der Waals surface area (Å²) in [6.45, 7) is 3.92. The number of nitrogens with one attached hydrogen (secondary N) is 2. The van der Waals surface area contributed by atoms with Gasteiger partial charge in [0.25, 0.3) is 5.91 Å². The van der Waals surface area contributed by atoms with E-state index >= 15 is 0 Å². The quantitative estimate of drug-likeness (QED) is 0.193. The first-order valence-electron chi connectivity index (χ1n) is 15.0. The van der Waals surface area contributed by atoms with Gasteiger partial charge in [-0.25, -0.2) is 15.0 Å². The first-order valence-corrected chi connectivity index (χ1v) is 15.0. The second kappa shape index (κ2) is 12.8. The summed E-state index contributed by atoms with van der Waals surface area (Å²) < 4.78 is 39.3. The maximum atomic E-state index is 13.1. The Morgan fingerprint density at radius 3 is 2.39 bits per heavy atom. The van der Waals surface area contributed by atoms with Gasteiger partial charge < -0.3 is 20.4 Å². The summed E-state index contributed by atoms with van der Waals surface area (Å²) in [6.07, 6.45) is 1.28. The van der Waals surface area contributed by atoms with Crippen molar-refractivity contribution in [1.29, 1.82) is 0 Å². The van der Waals surface area contributed by atoms with Gasteiger partial charge in [0.05, 0.1) is 23.0 Å². The standard InChI is InChI=1S/C35H34F3N7O/c1-22-16-25(23-6-4-7-24(17-23)33(46)41-28-9-5-8-27(19-28)35(36,37)38)18-26-20-40-34(43-32(22)26)42-29-10-11-31(39-21-29)45-14-12-30(13-15-45)44(2)3/h4-11,16-21,30H,12-15H2,1-3H3,(H,41,46)(H,40,42,43). The Hall–Kier alpha value is -5.03. The van der Waals surface area contributed by atoms with Gasteiger partial charge in [-0.2, -0.15) is 13.2 Å². The van der Waals surface area contributed by atoms with Crippen LogP contribution in [0, 0.1) is 6.92 Å². The SMILES string of the molecule is Cc1cc(-c2cccc(C(=O)Nc3cccc(C(F)(F)F)c3)c2)cc2cnc(Nc3ccc(N4CCC(N(C)C)CC4)nc3)nc12. The molecule has 2 N–H and O–H groups in total. The van der Waals surface area contributed by atoms with Crippen LogP contribution in [0.5, 0.6) is 0 Å². The Kier molecular flexibility index (Phi) is 8.59. The highest BCUT2D eigenvalue weighted by atomic mass is 19.4. The summed E-state index contributed by atoms with van der Waals surface area (Å²) in [4.78, 5) is 31.5. The Labute approximate surface area is 265 Å². The van der Waals surface area contributed by atoms with Crippen molar-refractivity contribution in [3.63, 3.8) is 0 Å². The largest absolute Gasteiger partial charge is 0.416 e. The zero-order valence-electron chi connectivity index (χ0n) is 25.8. The van der Waals surface area contributed by atoms with Crippen molar-refractivity contribution in [2.75, 3.05) is 42.7 Å². The van der Waals surface area contributed by atoms with Crippen molar-refractivity contribution in [2.24, 2.45) is 0 Å². The number of benzene rings is 3. The fourth-order valence-electron chi connectivity index (χ4n) is 5.75. The summed E-state index contributed by atoms with van der Waals surface area (Å²) in [5.41, 5.74) is 3.70. The Balaban J connectivity index is 1.15. The third-order valence-corrected chi connectivity index (χ3v) is 8.30. The lowest BCUT2D eigenvalue weighted by atomic mass is 9.99. The number of halogens is 3. The topological polar surface area (TPSA) is 86.3 Å². The average molecular weight is 626 g/mol. The number of alkyl halides is 3. The zero-order valence-corrected chi connectivity index (χ0v) is 25.8. The summed E-state index contributed by atoms with van der Waals surface area (Å²) in [5.74, 6) is 0.912. The smallest absolute Gasteiger partial charge is 0.357 e. The van der Waals surface area contributed by atoms with Crippen molar-refractivity contribution in [2.45, 2.75) is 32.0 Å². The molecule has 1 aliphatic heterocycles. The molecule has 11 heteroatoms. The lowest BCUT2D eigenvalue weighted by Crippen LogP contribution is -2.42. The lowest BCUT2D eigenvalue weighted by Gasteiger charge is -2.35. The summed E-state index contributed by atoms with van der Waals surface area (Å²) in [7, 11) is 4.26. The van der Waals surface area contributed by atoms with E-state index in [0.717, 1.165) is 77.2 Å². The second-order valence-corrected chi connectivity index (χ2v) is 11.7. The van der Waals surface area contributed by atoms with Crippen molar-refractivity contribution < 1.29 is 18.0 Å². The van der Waals surface area contributed by atoms with Crippen LogP contribution in [-0.4, -0.2) is 59.0 Å². The summed E-state index contributed by atoms with van der Waals surface area (Å²) in [5, 5.41) is 6.65. The Morgan fingerprint density at radius 1 is 0.891 bits per heavy atom. The molecule has 2 aromatic heterocycles. The number of carbonyl (C=O) groups is 1. The predicted molar refractivity (Wildman–Crippen MR) is 176 cm³/mol. The maximum absolute atomic E-state index is 13.1. The fourth-order valence-corrected chi connectivity index (χ4v) is 5.75. The van der Waals surface area contributed by atoms with Gasteiger partial charge in [0.2, 0.25) is 5.95 Å². The number of carbonyl (C=O) groups excluding carboxylic acids is 1. The molecule has 6 rings (SSSR count). The number of fused-ring (bicyclic) bond motifs is 1. The predicted octanol–water partition coefficient (Wildman–Crippen LogP) is 7.55. The van der Waals surface area contributed by atoms with E-state index in [1.807, 2.05) is 37.3 Å². The Bertz CT molecular complexity index is 1870. The minimum Gasteiger partial charge on any atom is -0.357 e. The molecular formula is C35H34F3N7O. The first kappa shape index (κ1) is 31.0. The van der Waals surface area contributed by atoms with Gasteiger partial charge in [-0.15, -0.1) is 0 Å². The van der Waals surface area contributed by atoms with Gasteiger partial charge in [-0.3, -0.25) is 4.79 Å². The third-order valence-electron chi connectivity index (χ3n) is 8.30. The summed E-state index contributed by atoms with van der Waals surface area (Å²) >= 11 is 0. The van der Waals surface area contributed by atoms with E-state index in [4.69, 9.17) is 4.98 Å². The van der Waals surface area contributed by atoms with Crippen molar-refractivity contribution in [3.05, 3.63) is 102 Å². The van der Waals surface area contributed by atoms with Crippen LogP contribution < -0.4 is 15.5 Å². The van der Waals surface area contributed by atoms with E-state index in [-0.39, 0.29) is 5.69 Å². The van der Waals surface area contributed by atoms with Crippen LogP contribution in [0.4, 0.5) is 36.3 Å². The molecule has 46 heavy (non-hydrogen) atoms. The minimum atomic E-state index is -4.50. The monoisotopic (exact) mass is 625 g/mol. The number of aryl methyl sites for hydroxylation is 1. The van der Waals surface area contributed by atoms with Crippen LogP contribution >= 0.6 is 0 Å². The molecule has 0 radical (unpaired) electrons. The van der Waals surface area contributed by atoms with Crippen molar-refractivity contribution in [3.8, 4) is 11.1 Å². The number of anilines is 4. The van der Waals surface area contributed by atoms with E-state index in [1.165, 1.54) is 12.1 Å². The number of hydrogen-bond acceptors (Lipinski definition) is 7. The molecule has 236 valence electrons. The number of aromatic nitrogens is 3. The van der Waals surface area contributed by atoms with Gasteiger partial charge in [-0.1, -0.05) is 18.2 Å². The number of hydrogen-bond donors (Lipinski definition) is 2. The summed E-state index contributed by atoms with van der Waals surface area (Å²) in [6, 6.07) is 20.1. The highest BCUT2D eigenvalue weighted by Gasteiger charge is 2.30. The van der Waals surface area contributed by atoms with Crippen LogP contribution in [0.15, 0.2) is 85.2 Å². The highest BCUT2D eigenvalue weighted by molar-refractivity contribution is 6.05. The molecule has 3 aromatic carbocycles. The molecule has 3 heterocycles. The molecule has 5 aromatic rings. The Morgan fingerprint density at radius 2 is 1.67 bits per heavy atom.